The highest BCUT2D eigenvalue weighted by molar-refractivity contribution is 6.12. The average molecular weight is 427 g/mol. The summed E-state index contributed by atoms with van der Waals surface area (Å²) < 4.78 is 4.03. The number of nitrogens with one attached hydrogen (secondary N) is 1. The van der Waals surface area contributed by atoms with E-state index in [4.69, 9.17) is 9.97 Å². The summed E-state index contributed by atoms with van der Waals surface area (Å²) in [5.74, 6) is 1.51. The van der Waals surface area contributed by atoms with Gasteiger partial charge in [-0.15, -0.1) is 0 Å². The lowest BCUT2D eigenvalue weighted by molar-refractivity contribution is 0.102. The van der Waals surface area contributed by atoms with Gasteiger partial charge in [0.15, 0.2) is 5.65 Å². The van der Waals surface area contributed by atoms with Crippen molar-refractivity contribution in [3.63, 3.8) is 0 Å². The highest BCUT2D eigenvalue weighted by atomic mass is 16.1. The second-order valence-electron chi connectivity index (χ2n) is 9.00. The highest BCUT2D eigenvalue weighted by Crippen LogP contribution is 2.40. The molecule has 0 spiro atoms. The zero-order chi connectivity index (χ0) is 21.8. The average Bonchev–Trinajstić information content (AvgIpc) is 3.50. The Labute approximate surface area is 186 Å². The number of aryl methyl sites for hydroxylation is 4. The quantitative estimate of drug-likeness (QED) is 0.517. The summed E-state index contributed by atoms with van der Waals surface area (Å²) in [6.07, 6.45) is 7.88. The zero-order valence-corrected chi connectivity index (χ0v) is 18.4. The maximum Gasteiger partial charge on any atom is 0.256 e. The number of pyridine rings is 1. The van der Waals surface area contributed by atoms with Crippen LogP contribution in [0.5, 0.6) is 0 Å². The number of anilines is 1. The molecule has 4 aromatic rings. The molecule has 162 valence electrons. The van der Waals surface area contributed by atoms with Crippen molar-refractivity contribution in [2.45, 2.75) is 51.5 Å². The molecule has 4 heterocycles. The van der Waals surface area contributed by atoms with Crippen LogP contribution in [0.2, 0.25) is 0 Å². The normalized spacial score (nSPS) is 15.7. The molecule has 7 nitrogen and oxygen atoms in total. The number of aromatic nitrogens is 5. The molecule has 6 rings (SSSR count). The molecule has 0 bridgehead atoms. The Morgan fingerprint density at radius 3 is 2.69 bits per heavy atom. The van der Waals surface area contributed by atoms with E-state index in [0.717, 1.165) is 65.2 Å². The standard InChI is InChI=1S/C25H26N6O/c1-15-23-19(13-20(16-6-7-16)28-24(23)30(2)29-15)25(32)26-18-10-8-17(9-11-18)21-14-31-12-4-3-5-22(31)27-21/h8-11,13-14,16H,3-7,12H2,1-2H3,(H,26,32). The van der Waals surface area contributed by atoms with Gasteiger partial charge in [-0.25, -0.2) is 9.97 Å². The lowest BCUT2D eigenvalue weighted by Gasteiger charge is -2.11. The van der Waals surface area contributed by atoms with Gasteiger partial charge in [0.05, 0.1) is 22.3 Å². The van der Waals surface area contributed by atoms with Crippen LogP contribution in [0.4, 0.5) is 5.69 Å². The van der Waals surface area contributed by atoms with Gasteiger partial charge in [-0.2, -0.15) is 5.10 Å². The Kier molecular flexibility index (Phi) is 4.38. The van der Waals surface area contributed by atoms with E-state index in [1.165, 1.54) is 18.7 Å². The number of fused-ring (bicyclic) bond motifs is 2. The molecule has 1 aliphatic heterocycles. The van der Waals surface area contributed by atoms with Gasteiger partial charge < -0.3 is 9.88 Å². The van der Waals surface area contributed by atoms with Crippen LogP contribution in [0.3, 0.4) is 0 Å². The van der Waals surface area contributed by atoms with Gasteiger partial charge in [0.2, 0.25) is 0 Å². The zero-order valence-electron chi connectivity index (χ0n) is 18.4. The van der Waals surface area contributed by atoms with Crippen molar-refractivity contribution in [1.29, 1.82) is 0 Å². The van der Waals surface area contributed by atoms with Crippen molar-refractivity contribution in [3.05, 3.63) is 59.3 Å². The Balaban J connectivity index is 1.28. The fourth-order valence-electron chi connectivity index (χ4n) is 4.71. The minimum Gasteiger partial charge on any atom is -0.334 e. The summed E-state index contributed by atoms with van der Waals surface area (Å²) in [6, 6.07) is 9.89. The van der Waals surface area contributed by atoms with Gasteiger partial charge in [0, 0.05) is 49.1 Å². The first-order valence-electron chi connectivity index (χ1n) is 11.4. The summed E-state index contributed by atoms with van der Waals surface area (Å²) in [6.45, 7) is 2.98. The van der Waals surface area contributed by atoms with Crippen LogP contribution < -0.4 is 5.32 Å². The maximum atomic E-state index is 13.3. The second-order valence-corrected chi connectivity index (χ2v) is 9.00. The van der Waals surface area contributed by atoms with Crippen LogP contribution in [0, 0.1) is 6.92 Å². The highest BCUT2D eigenvalue weighted by Gasteiger charge is 2.28. The Bertz CT molecular complexity index is 1320. The number of rotatable bonds is 4. The Hall–Kier alpha value is -3.48. The number of carbonyl (C=O) groups is 1. The lowest BCUT2D eigenvalue weighted by atomic mass is 10.1. The number of nitrogens with zero attached hydrogens (tertiary/aromatic N) is 5. The molecule has 1 aromatic carbocycles. The van der Waals surface area contributed by atoms with Gasteiger partial charge in [-0.3, -0.25) is 9.48 Å². The largest absolute Gasteiger partial charge is 0.334 e. The molecule has 7 heteroatoms. The van der Waals surface area contributed by atoms with Crippen molar-refractivity contribution in [1.82, 2.24) is 24.3 Å². The summed E-state index contributed by atoms with van der Waals surface area (Å²) >= 11 is 0. The summed E-state index contributed by atoms with van der Waals surface area (Å²) in [5, 5.41) is 8.40. The van der Waals surface area contributed by atoms with Crippen molar-refractivity contribution in [3.8, 4) is 11.3 Å². The summed E-state index contributed by atoms with van der Waals surface area (Å²) in [4.78, 5) is 22.9. The van der Waals surface area contributed by atoms with E-state index in [0.29, 0.717) is 11.5 Å². The Morgan fingerprint density at radius 2 is 1.94 bits per heavy atom. The first-order valence-corrected chi connectivity index (χ1v) is 11.4. The number of carbonyl (C=O) groups excluding carboxylic acids is 1. The monoisotopic (exact) mass is 426 g/mol. The predicted molar refractivity (Wildman–Crippen MR) is 124 cm³/mol. The number of imidazole rings is 1. The van der Waals surface area contributed by atoms with Gasteiger partial charge in [0.1, 0.15) is 5.82 Å². The van der Waals surface area contributed by atoms with Crippen molar-refractivity contribution in [2.75, 3.05) is 5.32 Å². The van der Waals surface area contributed by atoms with E-state index in [9.17, 15) is 4.79 Å². The minimum absolute atomic E-state index is 0.124. The third-order valence-electron chi connectivity index (χ3n) is 6.58. The van der Waals surface area contributed by atoms with Crippen LogP contribution in [0.1, 0.15) is 59.2 Å². The molecule has 0 atom stereocenters. The molecular weight excluding hydrogens is 400 g/mol. The molecule has 0 saturated heterocycles. The third kappa shape index (κ3) is 3.28. The molecule has 1 fully saturated rings. The molecular formula is C25H26N6O. The number of benzene rings is 1. The van der Waals surface area contributed by atoms with E-state index in [1.807, 2.05) is 44.3 Å². The van der Waals surface area contributed by atoms with Crippen molar-refractivity contribution < 1.29 is 4.79 Å². The summed E-state index contributed by atoms with van der Waals surface area (Å²) in [7, 11) is 1.88. The number of hydrogen-bond donors (Lipinski definition) is 1. The molecule has 0 radical (unpaired) electrons. The predicted octanol–water partition coefficient (Wildman–Crippen LogP) is 4.61. The minimum atomic E-state index is -0.124. The Morgan fingerprint density at radius 1 is 1.12 bits per heavy atom. The smallest absolute Gasteiger partial charge is 0.256 e. The summed E-state index contributed by atoms with van der Waals surface area (Å²) in [5.41, 5.74) is 6.06. The molecule has 1 N–H and O–H groups in total. The topological polar surface area (TPSA) is 77.6 Å². The molecule has 2 aliphatic rings. The van der Waals surface area contributed by atoms with E-state index in [2.05, 4.69) is 21.2 Å². The lowest BCUT2D eigenvalue weighted by Crippen LogP contribution is -2.13. The first kappa shape index (κ1) is 19.2. The van der Waals surface area contributed by atoms with Crippen LogP contribution in [0.25, 0.3) is 22.3 Å². The van der Waals surface area contributed by atoms with E-state index in [-0.39, 0.29) is 5.91 Å². The number of hydrogen-bond acceptors (Lipinski definition) is 4. The van der Waals surface area contributed by atoms with E-state index in [1.54, 1.807) is 4.68 Å². The molecule has 0 unspecified atom stereocenters. The third-order valence-corrected chi connectivity index (χ3v) is 6.58. The SMILES string of the molecule is Cc1nn(C)c2nc(C3CC3)cc(C(=O)Nc3ccc(-c4cn5c(n4)CCCC5)cc3)c12. The maximum absolute atomic E-state index is 13.3. The van der Waals surface area contributed by atoms with E-state index >= 15 is 0 Å². The molecule has 1 amide bonds. The van der Waals surface area contributed by atoms with Gasteiger partial charge >= 0.3 is 0 Å². The first-order chi connectivity index (χ1) is 15.6. The van der Waals surface area contributed by atoms with Crippen LogP contribution >= 0.6 is 0 Å². The van der Waals surface area contributed by atoms with Gasteiger partial charge in [-0.1, -0.05) is 12.1 Å². The number of amides is 1. The van der Waals surface area contributed by atoms with Crippen molar-refractivity contribution >= 4 is 22.6 Å². The molecule has 3 aromatic heterocycles. The second kappa shape index (κ2) is 7.29. The van der Waals surface area contributed by atoms with Crippen LogP contribution in [-0.2, 0) is 20.0 Å². The molecule has 1 saturated carbocycles. The molecule has 1 aliphatic carbocycles. The van der Waals surface area contributed by atoms with Gasteiger partial charge in [-0.05, 0) is 50.8 Å². The van der Waals surface area contributed by atoms with E-state index < -0.39 is 0 Å². The molecule has 32 heavy (non-hydrogen) atoms. The van der Waals surface area contributed by atoms with Crippen LogP contribution in [-0.4, -0.2) is 30.2 Å². The van der Waals surface area contributed by atoms with Gasteiger partial charge in [0.25, 0.3) is 5.91 Å². The fourth-order valence-corrected chi connectivity index (χ4v) is 4.71. The fraction of sp³-hybridized carbons (Fsp3) is 0.360. The van der Waals surface area contributed by atoms with Crippen molar-refractivity contribution in [2.24, 2.45) is 7.05 Å². The van der Waals surface area contributed by atoms with Crippen LogP contribution in [0.15, 0.2) is 36.5 Å².